The van der Waals surface area contributed by atoms with Crippen molar-refractivity contribution < 1.29 is 4.74 Å². The Balaban J connectivity index is 0.876. The molecule has 0 spiro atoms. The highest BCUT2D eigenvalue weighted by Crippen LogP contribution is 2.57. The van der Waals surface area contributed by atoms with Gasteiger partial charge in [0.25, 0.3) is 0 Å². The molecule has 0 bridgehead atoms. The summed E-state index contributed by atoms with van der Waals surface area (Å²) in [5.74, 6) is 1.70. The first-order chi connectivity index (χ1) is 36.7. The smallest absolute Gasteiger partial charge is 0.137 e. The second-order valence-corrected chi connectivity index (χ2v) is 23.7. The van der Waals surface area contributed by atoms with Crippen LogP contribution in [0.1, 0.15) is 49.9 Å². The van der Waals surface area contributed by atoms with Gasteiger partial charge in [-0.15, -0.1) is 22.7 Å². The summed E-state index contributed by atoms with van der Waals surface area (Å²) in [6.45, 7) is 9.47. The van der Waals surface area contributed by atoms with Crippen LogP contribution in [0.4, 0.5) is 34.1 Å². The maximum Gasteiger partial charge on any atom is 0.137 e. The summed E-state index contributed by atoms with van der Waals surface area (Å²) in [5.41, 5.74) is 19.4. The van der Waals surface area contributed by atoms with Crippen LogP contribution in [-0.2, 0) is 10.8 Å². The first kappa shape index (κ1) is 43.0. The van der Waals surface area contributed by atoms with E-state index in [1.807, 2.05) is 22.7 Å². The van der Waals surface area contributed by atoms with Crippen molar-refractivity contribution in [3.8, 4) is 44.9 Å². The third kappa shape index (κ3) is 6.02. The topological polar surface area (TPSA) is 15.7 Å². The Morgan fingerprint density at radius 3 is 1.39 bits per heavy atom. The zero-order chi connectivity index (χ0) is 49.9. The second kappa shape index (κ2) is 15.5. The molecule has 5 heteroatoms. The molecule has 0 atom stereocenters. The Morgan fingerprint density at radius 1 is 0.320 bits per heavy atom. The minimum atomic E-state index is -0.156. The molecule has 75 heavy (non-hydrogen) atoms. The Hall–Kier alpha value is -8.48. The van der Waals surface area contributed by atoms with Crippen LogP contribution in [-0.4, -0.2) is 0 Å². The molecular weight excluding hydrogens is 949 g/mol. The van der Waals surface area contributed by atoms with Gasteiger partial charge in [-0.05, 0) is 123 Å². The van der Waals surface area contributed by atoms with E-state index < -0.39 is 0 Å². The predicted octanol–water partition coefficient (Wildman–Crippen LogP) is 20.9. The van der Waals surface area contributed by atoms with Gasteiger partial charge >= 0.3 is 0 Å². The predicted molar refractivity (Wildman–Crippen MR) is 320 cm³/mol. The van der Waals surface area contributed by atoms with Crippen molar-refractivity contribution in [1.29, 1.82) is 0 Å². The Labute approximate surface area is 443 Å². The molecule has 2 aliphatic carbocycles. The van der Waals surface area contributed by atoms with Crippen molar-refractivity contribution in [2.24, 2.45) is 0 Å². The third-order valence-electron chi connectivity index (χ3n) is 16.9. The SMILES string of the molecule is CC1(C)c2ccccc2-c2ccc(N(c3ccc4c(c3)Oc3cccc5c(N(c6ccc7c(c6)C(C)(C)c6ccccc6-7)c6cccc7c6sc6ccccc67)ccc-4c35)c3cccc4c3sc3ccccc34)cc21. The van der Waals surface area contributed by atoms with Gasteiger partial charge in [-0.1, -0.05) is 167 Å². The maximum absolute atomic E-state index is 7.24. The van der Waals surface area contributed by atoms with Gasteiger partial charge < -0.3 is 14.5 Å². The van der Waals surface area contributed by atoms with E-state index in [0.717, 1.165) is 67.5 Å². The van der Waals surface area contributed by atoms with E-state index in [2.05, 4.69) is 256 Å². The molecule has 16 rings (SSSR count). The van der Waals surface area contributed by atoms with Crippen LogP contribution in [0, 0.1) is 0 Å². The van der Waals surface area contributed by atoms with Crippen LogP contribution in [0.5, 0.6) is 11.5 Å². The highest BCUT2D eigenvalue weighted by Gasteiger charge is 2.38. The molecule has 356 valence electrons. The molecule has 0 N–H and O–H groups in total. The standard InChI is InChI=1S/C70H48N2OS2/c1-69(2)55-23-9-5-16-44(55)46-33-30-41(38-57(46)69)71(60-25-13-20-52-49-18-7-11-28-64(49)74-67(52)60)43-32-35-48-51-36-37-59(54-22-15-27-62(66(51)54)73-63(48)40-43)72(61-26-14-21-53-50-19-8-12-29-65(50)75-68(53)61)42-31-34-47-45-17-6-10-24-56(45)70(3,4)58(47)39-42/h5-40H,1-4H3. The van der Waals surface area contributed by atoms with Crippen molar-refractivity contribution in [3.63, 3.8) is 0 Å². The van der Waals surface area contributed by atoms with Gasteiger partial charge in [0.2, 0.25) is 0 Å². The lowest BCUT2D eigenvalue weighted by Crippen LogP contribution is -2.17. The van der Waals surface area contributed by atoms with Crippen LogP contribution < -0.4 is 14.5 Å². The minimum Gasteiger partial charge on any atom is -0.456 e. The van der Waals surface area contributed by atoms with Gasteiger partial charge in [0.1, 0.15) is 11.5 Å². The number of hydrogen-bond acceptors (Lipinski definition) is 5. The number of nitrogens with zero attached hydrogens (tertiary/aromatic N) is 2. The molecular formula is C70H48N2OS2. The first-order valence-electron chi connectivity index (χ1n) is 26.0. The lowest BCUT2D eigenvalue weighted by Gasteiger charge is -2.31. The zero-order valence-corrected chi connectivity index (χ0v) is 43.5. The number of ether oxygens (including phenoxy) is 1. The maximum atomic E-state index is 7.24. The summed E-state index contributed by atoms with van der Waals surface area (Å²) < 4.78 is 12.3. The zero-order valence-electron chi connectivity index (χ0n) is 41.9. The Morgan fingerprint density at radius 2 is 0.773 bits per heavy atom. The quantitative estimate of drug-likeness (QED) is 0.165. The fraction of sp³-hybridized carbons (Fsp3) is 0.0857. The average Bonchev–Trinajstić information content (AvgIpc) is 4.22. The third-order valence-corrected chi connectivity index (χ3v) is 19.3. The van der Waals surface area contributed by atoms with Crippen LogP contribution in [0.15, 0.2) is 218 Å². The molecule has 3 nitrogen and oxygen atoms in total. The molecule has 1 aliphatic heterocycles. The van der Waals surface area contributed by atoms with Gasteiger partial charge in [0.15, 0.2) is 0 Å². The van der Waals surface area contributed by atoms with E-state index >= 15 is 0 Å². The molecule has 13 aromatic rings. The van der Waals surface area contributed by atoms with E-state index in [1.54, 1.807) is 0 Å². The largest absolute Gasteiger partial charge is 0.456 e. The van der Waals surface area contributed by atoms with E-state index in [-0.39, 0.29) is 10.8 Å². The lowest BCUT2D eigenvalue weighted by atomic mass is 9.82. The number of rotatable bonds is 6. The highest BCUT2D eigenvalue weighted by atomic mass is 32.1. The van der Waals surface area contributed by atoms with E-state index in [4.69, 9.17) is 4.74 Å². The molecule has 3 heterocycles. The fourth-order valence-corrected chi connectivity index (χ4v) is 15.7. The first-order valence-corrected chi connectivity index (χ1v) is 27.6. The average molecular weight is 997 g/mol. The van der Waals surface area contributed by atoms with Crippen LogP contribution in [0.25, 0.3) is 84.5 Å². The molecule has 11 aromatic carbocycles. The Kier molecular flexibility index (Phi) is 8.90. The summed E-state index contributed by atoms with van der Waals surface area (Å²) in [6.07, 6.45) is 0. The molecule has 0 saturated carbocycles. The molecule has 0 amide bonds. The number of fused-ring (bicyclic) bond motifs is 14. The van der Waals surface area contributed by atoms with Gasteiger partial charge in [0.05, 0.1) is 26.5 Å². The monoisotopic (exact) mass is 996 g/mol. The number of hydrogen-bond donors (Lipinski definition) is 0. The number of benzene rings is 11. The number of thiophene rings is 2. The molecule has 0 radical (unpaired) electrons. The molecule has 0 fully saturated rings. The van der Waals surface area contributed by atoms with Gasteiger partial charge in [-0.2, -0.15) is 0 Å². The van der Waals surface area contributed by atoms with Gasteiger partial charge in [-0.25, -0.2) is 0 Å². The van der Waals surface area contributed by atoms with Crippen LogP contribution in [0.2, 0.25) is 0 Å². The Bertz CT molecular complexity index is 4610. The molecule has 0 saturated heterocycles. The van der Waals surface area contributed by atoms with Crippen LogP contribution >= 0.6 is 22.7 Å². The minimum absolute atomic E-state index is 0.152. The van der Waals surface area contributed by atoms with Crippen molar-refractivity contribution >= 4 is 108 Å². The summed E-state index contributed by atoms with van der Waals surface area (Å²) in [6, 6.07) is 81.4. The lowest BCUT2D eigenvalue weighted by molar-refractivity contribution is 0.487. The van der Waals surface area contributed by atoms with E-state index in [1.165, 1.54) is 84.9 Å². The van der Waals surface area contributed by atoms with Gasteiger partial charge in [-0.3, -0.25) is 0 Å². The van der Waals surface area contributed by atoms with Gasteiger partial charge in [0, 0.05) is 81.2 Å². The fourth-order valence-electron chi connectivity index (χ4n) is 13.3. The van der Waals surface area contributed by atoms with E-state index in [0.29, 0.717) is 0 Å². The summed E-state index contributed by atoms with van der Waals surface area (Å²) in [7, 11) is 0. The van der Waals surface area contributed by atoms with Crippen molar-refractivity contribution in [1.82, 2.24) is 0 Å². The molecule has 0 unspecified atom stereocenters. The number of anilines is 6. The summed E-state index contributed by atoms with van der Waals surface area (Å²) >= 11 is 3.74. The molecule has 3 aliphatic rings. The summed E-state index contributed by atoms with van der Waals surface area (Å²) in [4.78, 5) is 4.98. The van der Waals surface area contributed by atoms with Crippen molar-refractivity contribution in [3.05, 3.63) is 241 Å². The van der Waals surface area contributed by atoms with E-state index in [9.17, 15) is 0 Å². The highest BCUT2D eigenvalue weighted by molar-refractivity contribution is 7.26. The van der Waals surface area contributed by atoms with Crippen molar-refractivity contribution in [2.45, 2.75) is 38.5 Å². The second-order valence-electron chi connectivity index (χ2n) is 21.6. The van der Waals surface area contributed by atoms with Crippen molar-refractivity contribution in [2.75, 3.05) is 9.80 Å². The van der Waals surface area contributed by atoms with Crippen LogP contribution in [0.3, 0.4) is 0 Å². The summed E-state index contributed by atoms with van der Waals surface area (Å²) in [5, 5.41) is 7.37. The molecule has 2 aromatic heterocycles. The normalized spacial score (nSPS) is 14.2.